The molecular formula is C26H22N4O3. The molecule has 33 heavy (non-hydrogen) atoms. The van der Waals surface area contributed by atoms with Crippen molar-refractivity contribution >= 4 is 22.2 Å². The zero-order valence-corrected chi connectivity index (χ0v) is 18.2. The summed E-state index contributed by atoms with van der Waals surface area (Å²) in [5.41, 5.74) is 2.49. The summed E-state index contributed by atoms with van der Waals surface area (Å²) in [6.07, 6.45) is 1.72. The van der Waals surface area contributed by atoms with E-state index in [1.807, 2.05) is 73.7 Å². The van der Waals surface area contributed by atoms with Crippen LogP contribution in [0.25, 0.3) is 27.5 Å². The monoisotopic (exact) mass is 438 g/mol. The predicted molar refractivity (Wildman–Crippen MR) is 128 cm³/mol. The second-order valence-corrected chi connectivity index (χ2v) is 7.86. The second-order valence-electron chi connectivity index (χ2n) is 7.86. The molecule has 0 fully saturated rings. The Bertz CT molecular complexity index is 1550. The van der Waals surface area contributed by atoms with Crippen molar-refractivity contribution < 1.29 is 9.53 Å². The molecule has 5 aromatic rings. The zero-order valence-electron chi connectivity index (χ0n) is 18.2. The topological polar surface area (TPSA) is 88.5 Å². The maximum atomic E-state index is 12.9. The maximum Gasteiger partial charge on any atom is 0.274 e. The number of para-hydroxylation sites is 1. The van der Waals surface area contributed by atoms with Gasteiger partial charge in [0.15, 0.2) is 5.69 Å². The van der Waals surface area contributed by atoms with Crippen molar-refractivity contribution in [1.29, 1.82) is 0 Å². The van der Waals surface area contributed by atoms with E-state index in [1.54, 1.807) is 13.3 Å². The molecule has 0 saturated heterocycles. The lowest BCUT2D eigenvalue weighted by Gasteiger charge is -2.16. The number of nitrogens with one attached hydrogen (secondary N) is 2. The van der Waals surface area contributed by atoms with Crippen LogP contribution in [0.5, 0.6) is 5.75 Å². The third kappa shape index (κ3) is 3.85. The number of aromatic nitrogens is 3. The highest BCUT2D eigenvalue weighted by molar-refractivity contribution is 5.94. The van der Waals surface area contributed by atoms with Crippen molar-refractivity contribution in [3.63, 3.8) is 0 Å². The van der Waals surface area contributed by atoms with E-state index in [-0.39, 0.29) is 23.2 Å². The quantitative estimate of drug-likeness (QED) is 0.427. The number of carbonyl (C=O) groups is 1. The minimum Gasteiger partial charge on any atom is -0.496 e. The Balaban J connectivity index is 1.46. The van der Waals surface area contributed by atoms with Crippen LogP contribution in [0.4, 0.5) is 0 Å². The van der Waals surface area contributed by atoms with Crippen LogP contribution in [0.3, 0.4) is 0 Å². The largest absolute Gasteiger partial charge is 0.496 e. The van der Waals surface area contributed by atoms with Gasteiger partial charge in [-0.25, -0.2) is 4.52 Å². The Morgan fingerprint density at radius 1 is 1.03 bits per heavy atom. The number of ether oxygens (including phenoxy) is 1. The Hall–Kier alpha value is -4.39. The van der Waals surface area contributed by atoms with E-state index in [0.717, 1.165) is 21.9 Å². The minimum atomic E-state index is -0.372. The Kier molecular flexibility index (Phi) is 5.14. The number of H-pyrrole nitrogens is 1. The van der Waals surface area contributed by atoms with Crippen LogP contribution >= 0.6 is 0 Å². The van der Waals surface area contributed by atoms with Crippen LogP contribution < -0.4 is 15.6 Å². The van der Waals surface area contributed by atoms with Crippen LogP contribution in [0.1, 0.15) is 29.0 Å². The molecule has 1 unspecified atom stereocenters. The Morgan fingerprint density at radius 2 is 1.79 bits per heavy atom. The lowest BCUT2D eigenvalue weighted by atomic mass is 10.1. The first-order valence-electron chi connectivity index (χ1n) is 10.6. The molecular weight excluding hydrogens is 416 g/mol. The molecule has 0 aliphatic rings. The van der Waals surface area contributed by atoms with E-state index < -0.39 is 0 Å². The van der Waals surface area contributed by atoms with Gasteiger partial charge in [0, 0.05) is 17.2 Å². The summed E-state index contributed by atoms with van der Waals surface area (Å²) in [7, 11) is 1.59. The summed E-state index contributed by atoms with van der Waals surface area (Å²) in [5.74, 6) is 0.320. The number of rotatable bonds is 5. The smallest absolute Gasteiger partial charge is 0.274 e. The summed E-state index contributed by atoms with van der Waals surface area (Å²) in [6.45, 7) is 1.87. The summed E-state index contributed by atoms with van der Waals surface area (Å²) < 4.78 is 6.83. The van der Waals surface area contributed by atoms with Gasteiger partial charge in [-0.15, -0.1) is 0 Å². The number of hydrogen-bond acceptors (Lipinski definition) is 4. The molecule has 7 nitrogen and oxygen atoms in total. The normalized spacial score (nSPS) is 12.1. The SMILES string of the molecule is COc1ccccc1C(C)NC(=O)c1cc2c(=O)[nH]c(-c3ccc4ccccc4c3)cn2n1. The number of carbonyl (C=O) groups excluding carboxylic acids is 1. The van der Waals surface area contributed by atoms with Gasteiger partial charge in [-0.2, -0.15) is 5.10 Å². The number of aromatic amines is 1. The van der Waals surface area contributed by atoms with Crippen molar-refractivity contribution in [3.05, 3.63) is 101 Å². The number of fused-ring (bicyclic) bond motifs is 2. The van der Waals surface area contributed by atoms with Crippen molar-refractivity contribution in [2.45, 2.75) is 13.0 Å². The number of hydrogen-bond donors (Lipinski definition) is 2. The fourth-order valence-electron chi connectivity index (χ4n) is 3.99. The third-order valence-electron chi connectivity index (χ3n) is 5.71. The molecule has 7 heteroatoms. The van der Waals surface area contributed by atoms with Crippen LogP contribution in [0.15, 0.2) is 83.8 Å². The van der Waals surface area contributed by atoms with E-state index in [0.29, 0.717) is 17.0 Å². The number of amides is 1. The Morgan fingerprint density at radius 3 is 2.61 bits per heavy atom. The third-order valence-corrected chi connectivity index (χ3v) is 5.71. The molecule has 2 heterocycles. The van der Waals surface area contributed by atoms with Crippen molar-refractivity contribution in [1.82, 2.24) is 19.9 Å². The van der Waals surface area contributed by atoms with Gasteiger partial charge in [-0.1, -0.05) is 54.6 Å². The van der Waals surface area contributed by atoms with E-state index in [1.165, 1.54) is 10.6 Å². The molecule has 0 saturated carbocycles. The van der Waals surface area contributed by atoms with Crippen LogP contribution in [-0.4, -0.2) is 27.6 Å². The van der Waals surface area contributed by atoms with E-state index in [9.17, 15) is 9.59 Å². The number of benzene rings is 3. The molecule has 3 aromatic carbocycles. The minimum absolute atomic E-state index is 0.165. The molecule has 0 spiro atoms. The maximum absolute atomic E-state index is 12.9. The lowest BCUT2D eigenvalue weighted by molar-refractivity contribution is 0.0934. The first kappa shape index (κ1) is 20.5. The summed E-state index contributed by atoms with van der Waals surface area (Å²) in [6, 6.07) is 22.7. The van der Waals surface area contributed by atoms with Gasteiger partial charge < -0.3 is 15.0 Å². The fourth-order valence-corrected chi connectivity index (χ4v) is 3.99. The van der Waals surface area contributed by atoms with Crippen molar-refractivity contribution in [2.75, 3.05) is 7.11 Å². The molecule has 1 amide bonds. The number of methoxy groups -OCH3 is 1. The summed E-state index contributed by atoms with van der Waals surface area (Å²) in [5, 5.41) is 9.48. The zero-order chi connectivity index (χ0) is 22.9. The highest BCUT2D eigenvalue weighted by Gasteiger charge is 2.18. The first-order valence-corrected chi connectivity index (χ1v) is 10.6. The Labute approximate surface area is 189 Å². The predicted octanol–water partition coefficient (Wildman–Crippen LogP) is 4.34. The molecule has 0 bridgehead atoms. The van der Waals surface area contributed by atoms with Gasteiger partial charge in [-0.3, -0.25) is 9.59 Å². The molecule has 2 N–H and O–H groups in total. The van der Waals surface area contributed by atoms with Gasteiger partial charge in [0.1, 0.15) is 11.3 Å². The van der Waals surface area contributed by atoms with Gasteiger partial charge >= 0.3 is 0 Å². The molecule has 0 aliphatic heterocycles. The van der Waals surface area contributed by atoms with Crippen molar-refractivity contribution in [3.8, 4) is 17.0 Å². The highest BCUT2D eigenvalue weighted by atomic mass is 16.5. The van der Waals surface area contributed by atoms with E-state index >= 15 is 0 Å². The van der Waals surface area contributed by atoms with Gasteiger partial charge in [0.05, 0.1) is 25.0 Å². The van der Waals surface area contributed by atoms with Gasteiger partial charge in [0.25, 0.3) is 11.5 Å². The molecule has 2 aromatic heterocycles. The fraction of sp³-hybridized carbons (Fsp3) is 0.115. The molecule has 1 atom stereocenters. The number of nitrogens with zero attached hydrogens (tertiary/aromatic N) is 2. The molecule has 164 valence electrons. The average molecular weight is 438 g/mol. The van der Waals surface area contributed by atoms with Crippen LogP contribution in [0, 0.1) is 0 Å². The van der Waals surface area contributed by atoms with E-state index in [2.05, 4.69) is 15.4 Å². The van der Waals surface area contributed by atoms with E-state index in [4.69, 9.17) is 4.74 Å². The van der Waals surface area contributed by atoms with Gasteiger partial charge in [0.2, 0.25) is 0 Å². The second kappa shape index (κ2) is 8.27. The molecule has 5 rings (SSSR count). The van der Waals surface area contributed by atoms with Crippen molar-refractivity contribution in [2.24, 2.45) is 0 Å². The molecule has 0 aliphatic carbocycles. The summed E-state index contributed by atoms with van der Waals surface area (Å²) >= 11 is 0. The van der Waals surface area contributed by atoms with Crippen LogP contribution in [-0.2, 0) is 0 Å². The summed E-state index contributed by atoms with van der Waals surface area (Å²) in [4.78, 5) is 28.5. The molecule has 0 radical (unpaired) electrons. The lowest BCUT2D eigenvalue weighted by Crippen LogP contribution is -2.27. The standard InChI is InChI=1S/C26H22N4O3/c1-16(20-9-5-6-10-24(20)33-2)27-25(31)21-14-23-26(32)28-22(15-30(23)29-21)19-12-11-17-7-3-4-8-18(17)13-19/h3-16H,1-2H3,(H,27,31)(H,28,32). The highest BCUT2D eigenvalue weighted by Crippen LogP contribution is 2.25. The first-order chi connectivity index (χ1) is 16.0. The average Bonchev–Trinajstić information content (AvgIpc) is 3.29. The van der Waals surface area contributed by atoms with Gasteiger partial charge in [-0.05, 0) is 29.8 Å². The van der Waals surface area contributed by atoms with Crippen LogP contribution in [0.2, 0.25) is 0 Å².